The summed E-state index contributed by atoms with van der Waals surface area (Å²) in [6, 6.07) is 13.9. The average Bonchev–Trinajstić information content (AvgIpc) is 2.38. The Morgan fingerprint density at radius 1 is 0.842 bits per heavy atom. The van der Waals surface area contributed by atoms with E-state index >= 15 is 0 Å². The molecule has 0 saturated carbocycles. The summed E-state index contributed by atoms with van der Waals surface area (Å²) in [5.74, 6) is 0. The molecule has 0 aromatic heterocycles. The summed E-state index contributed by atoms with van der Waals surface area (Å²) in [5, 5.41) is 0. The fourth-order valence-electron chi connectivity index (χ4n) is 1.41. The molecule has 7 heteroatoms. The molecule has 19 heavy (non-hydrogen) atoms. The van der Waals surface area contributed by atoms with Crippen molar-refractivity contribution in [2.45, 2.75) is 14.7 Å². The van der Waals surface area contributed by atoms with Crippen molar-refractivity contribution in [3.05, 3.63) is 54.6 Å². The zero-order chi connectivity index (χ0) is 13.2. The van der Waals surface area contributed by atoms with Crippen LogP contribution in [0.4, 0.5) is 0 Å². The minimum Gasteiger partial charge on any atom is -0.744 e. The van der Waals surface area contributed by atoms with Crippen molar-refractivity contribution in [3.8, 4) is 0 Å². The summed E-state index contributed by atoms with van der Waals surface area (Å²) >= 11 is 0. The van der Waals surface area contributed by atoms with Crippen LogP contribution in [0.2, 0.25) is 0 Å². The van der Waals surface area contributed by atoms with Crippen molar-refractivity contribution in [2.75, 3.05) is 0 Å². The van der Waals surface area contributed by atoms with E-state index in [2.05, 4.69) is 0 Å². The predicted octanol–water partition coefficient (Wildman–Crippen LogP) is -1.24. The van der Waals surface area contributed by atoms with Gasteiger partial charge in [-0.15, -0.1) is 0 Å². The molecule has 0 radical (unpaired) electrons. The number of benzene rings is 2. The van der Waals surface area contributed by atoms with Gasteiger partial charge in [0.2, 0.25) is 0 Å². The standard InChI is InChI=1S/C12H10O4S2.K/c13-17(10-4-2-1-3-5-10)11-6-8-12(9-7-11)18(14,15)16;/h1-9H,(H,14,15,16);/q;+1/p-1. The maximum absolute atomic E-state index is 12.1. The molecule has 94 valence electrons. The molecule has 0 aliphatic heterocycles. The molecule has 4 nitrogen and oxygen atoms in total. The summed E-state index contributed by atoms with van der Waals surface area (Å²) in [4.78, 5) is 0.750. The monoisotopic (exact) mass is 320 g/mol. The maximum atomic E-state index is 12.1. The van der Waals surface area contributed by atoms with E-state index < -0.39 is 20.9 Å². The van der Waals surface area contributed by atoms with E-state index in [1.807, 2.05) is 6.07 Å². The molecule has 0 heterocycles. The zero-order valence-electron chi connectivity index (χ0n) is 10.1. The first kappa shape index (κ1) is 17.2. The predicted molar refractivity (Wildman–Crippen MR) is 65.5 cm³/mol. The average molecular weight is 320 g/mol. The van der Waals surface area contributed by atoms with Crippen molar-refractivity contribution >= 4 is 20.9 Å². The minimum absolute atomic E-state index is 0. The molecule has 0 bridgehead atoms. The van der Waals surface area contributed by atoms with E-state index in [1.54, 1.807) is 24.3 Å². The van der Waals surface area contributed by atoms with Crippen molar-refractivity contribution in [2.24, 2.45) is 0 Å². The molecule has 0 spiro atoms. The third-order valence-electron chi connectivity index (χ3n) is 2.28. The van der Waals surface area contributed by atoms with Crippen LogP contribution in [0.1, 0.15) is 0 Å². The van der Waals surface area contributed by atoms with Gasteiger partial charge in [-0.1, -0.05) is 18.2 Å². The van der Waals surface area contributed by atoms with Crippen LogP contribution in [-0.2, 0) is 20.9 Å². The summed E-state index contributed by atoms with van der Waals surface area (Å²) in [6.07, 6.45) is 0. The van der Waals surface area contributed by atoms with Crippen LogP contribution < -0.4 is 51.4 Å². The quantitative estimate of drug-likeness (QED) is 0.524. The first-order valence-corrected chi connectivity index (χ1v) is 7.57. The molecular weight excluding hydrogens is 311 g/mol. The largest absolute Gasteiger partial charge is 1.00 e. The minimum atomic E-state index is -4.46. The first-order valence-electron chi connectivity index (χ1n) is 5.01. The van der Waals surface area contributed by atoms with Crippen molar-refractivity contribution < 1.29 is 68.6 Å². The topological polar surface area (TPSA) is 74.3 Å². The second-order valence-corrected chi connectivity index (χ2v) is 6.37. The van der Waals surface area contributed by atoms with E-state index in [9.17, 15) is 17.2 Å². The summed E-state index contributed by atoms with van der Waals surface area (Å²) in [6.45, 7) is 0. The summed E-state index contributed by atoms with van der Waals surface area (Å²) in [5.41, 5.74) is 0. The van der Waals surface area contributed by atoms with Crippen LogP contribution in [0.5, 0.6) is 0 Å². The summed E-state index contributed by atoms with van der Waals surface area (Å²) in [7, 11) is -5.84. The maximum Gasteiger partial charge on any atom is 1.00 e. The van der Waals surface area contributed by atoms with Crippen LogP contribution in [-0.4, -0.2) is 17.2 Å². The Morgan fingerprint density at radius 2 is 1.32 bits per heavy atom. The van der Waals surface area contributed by atoms with Crippen molar-refractivity contribution in [3.63, 3.8) is 0 Å². The molecule has 0 fully saturated rings. The van der Waals surface area contributed by atoms with Gasteiger partial charge in [0.15, 0.2) is 0 Å². The smallest absolute Gasteiger partial charge is 0.744 e. The number of rotatable bonds is 3. The normalized spacial score (nSPS) is 12.5. The molecule has 0 aliphatic carbocycles. The molecule has 0 saturated heterocycles. The van der Waals surface area contributed by atoms with Crippen LogP contribution in [0.25, 0.3) is 0 Å². The van der Waals surface area contributed by atoms with Gasteiger partial charge in [-0.25, -0.2) is 12.6 Å². The number of hydrogen-bond acceptors (Lipinski definition) is 4. The molecule has 0 aliphatic rings. The third kappa shape index (κ3) is 4.57. The second-order valence-electron chi connectivity index (χ2n) is 3.51. The van der Waals surface area contributed by atoms with E-state index in [-0.39, 0.29) is 56.3 Å². The Labute approximate surface area is 156 Å². The first-order chi connectivity index (χ1) is 8.48. The Hall–Kier alpha value is 0.136. The van der Waals surface area contributed by atoms with Gasteiger partial charge in [0.05, 0.1) is 15.7 Å². The molecule has 0 amide bonds. The van der Waals surface area contributed by atoms with Gasteiger partial charge in [-0.2, -0.15) is 0 Å². The van der Waals surface area contributed by atoms with E-state index in [0.717, 1.165) is 0 Å². The molecule has 2 rings (SSSR count). The fourth-order valence-corrected chi connectivity index (χ4v) is 2.94. The van der Waals surface area contributed by atoms with Gasteiger partial charge in [-0.3, -0.25) is 0 Å². The molecule has 2 aromatic rings. The van der Waals surface area contributed by atoms with Gasteiger partial charge >= 0.3 is 51.4 Å². The summed E-state index contributed by atoms with van der Waals surface area (Å²) < 4.78 is 44.3. The number of hydrogen-bond donors (Lipinski definition) is 0. The van der Waals surface area contributed by atoms with Crippen LogP contribution >= 0.6 is 0 Å². The Kier molecular flexibility index (Phi) is 6.54. The van der Waals surface area contributed by atoms with Gasteiger partial charge in [-0.05, 0) is 36.4 Å². The molecular formula is C12H9KO4S2. The van der Waals surface area contributed by atoms with Crippen molar-refractivity contribution in [1.29, 1.82) is 0 Å². The van der Waals surface area contributed by atoms with E-state index in [0.29, 0.717) is 9.79 Å². The van der Waals surface area contributed by atoms with Gasteiger partial charge in [0.1, 0.15) is 10.1 Å². The third-order valence-corrected chi connectivity index (χ3v) is 4.53. The van der Waals surface area contributed by atoms with Crippen molar-refractivity contribution in [1.82, 2.24) is 0 Å². The van der Waals surface area contributed by atoms with Gasteiger partial charge in [0, 0.05) is 9.79 Å². The Balaban J connectivity index is 0.00000180. The Morgan fingerprint density at radius 3 is 1.79 bits per heavy atom. The molecule has 1 unspecified atom stereocenters. The van der Waals surface area contributed by atoms with Gasteiger partial charge < -0.3 is 4.55 Å². The molecule has 1 atom stereocenters. The Bertz CT molecular complexity index is 667. The van der Waals surface area contributed by atoms with Crippen LogP contribution in [0, 0.1) is 0 Å². The van der Waals surface area contributed by atoms with Crippen LogP contribution in [0.3, 0.4) is 0 Å². The van der Waals surface area contributed by atoms with Crippen LogP contribution in [0.15, 0.2) is 69.3 Å². The zero-order valence-corrected chi connectivity index (χ0v) is 14.9. The second kappa shape index (κ2) is 7.23. The molecule has 2 aromatic carbocycles. The van der Waals surface area contributed by atoms with E-state index in [1.165, 1.54) is 24.3 Å². The molecule has 0 N–H and O–H groups in total. The SMILES string of the molecule is O=S(c1ccccc1)c1ccc(S(=O)(=O)[O-])cc1.[K+]. The fraction of sp³-hybridized carbons (Fsp3) is 0. The van der Waals surface area contributed by atoms with E-state index in [4.69, 9.17) is 0 Å². The van der Waals surface area contributed by atoms with Gasteiger partial charge in [0.25, 0.3) is 0 Å².